The lowest BCUT2D eigenvalue weighted by Crippen LogP contribution is -2.36. The van der Waals surface area contributed by atoms with Gasteiger partial charge in [0.15, 0.2) is 0 Å². The van der Waals surface area contributed by atoms with E-state index in [-0.39, 0.29) is 5.91 Å². The van der Waals surface area contributed by atoms with Gasteiger partial charge in [0.25, 0.3) is 5.91 Å². The van der Waals surface area contributed by atoms with Gasteiger partial charge in [0.1, 0.15) is 11.5 Å². The van der Waals surface area contributed by atoms with Gasteiger partial charge in [-0.25, -0.2) is 0 Å². The quantitative estimate of drug-likeness (QED) is 0.905. The first-order valence-electron chi connectivity index (χ1n) is 8.18. The maximum Gasteiger partial charge on any atom is 0.259 e. The predicted octanol–water partition coefficient (Wildman–Crippen LogP) is 2.79. The molecule has 6 nitrogen and oxygen atoms in total. The van der Waals surface area contributed by atoms with Gasteiger partial charge in [-0.3, -0.25) is 4.79 Å². The van der Waals surface area contributed by atoms with Crippen molar-refractivity contribution in [2.24, 2.45) is 0 Å². The van der Waals surface area contributed by atoms with Crippen molar-refractivity contribution in [3.63, 3.8) is 0 Å². The van der Waals surface area contributed by atoms with E-state index in [0.717, 1.165) is 24.5 Å². The molecule has 0 aliphatic carbocycles. The third-order valence-corrected chi connectivity index (χ3v) is 4.16. The van der Waals surface area contributed by atoms with E-state index >= 15 is 0 Å². The minimum atomic E-state index is -0.222. The smallest absolute Gasteiger partial charge is 0.259 e. The van der Waals surface area contributed by atoms with Crippen LogP contribution in [-0.4, -0.2) is 46.4 Å². The lowest BCUT2D eigenvalue weighted by molar-refractivity contribution is 0.102. The fraction of sp³-hybridized carbons (Fsp3) is 0.316. The highest BCUT2D eigenvalue weighted by Crippen LogP contribution is 2.29. The van der Waals surface area contributed by atoms with E-state index in [2.05, 4.69) is 10.2 Å². The maximum absolute atomic E-state index is 12.8. The van der Waals surface area contributed by atoms with Crippen molar-refractivity contribution in [2.45, 2.75) is 0 Å². The fourth-order valence-electron chi connectivity index (χ4n) is 2.84. The third-order valence-electron chi connectivity index (χ3n) is 4.16. The van der Waals surface area contributed by atoms with Crippen molar-refractivity contribution in [2.75, 3.05) is 50.7 Å². The first kappa shape index (κ1) is 17.1. The molecule has 1 saturated heterocycles. The Labute approximate surface area is 147 Å². The second-order valence-electron chi connectivity index (χ2n) is 5.64. The van der Waals surface area contributed by atoms with Crippen molar-refractivity contribution in [3.8, 4) is 11.5 Å². The van der Waals surface area contributed by atoms with Crippen molar-refractivity contribution >= 4 is 17.3 Å². The largest absolute Gasteiger partial charge is 0.497 e. The SMILES string of the molecule is COc1ccc(C(=O)Nc2ccccc2N2CCOCC2)c(OC)c1. The zero-order valence-electron chi connectivity index (χ0n) is 14.5. The zero-order chi connectivity index (χ0) is 17.6. The number of methoxy groups -OCH3 is 2. The molecule has 1 N–H and O–H groups in total. The molecule has 2 aromatic rings. The lowest BCUT2D eigenvalue weighted by Gasteiger charge is -2.30. The van der Waals surface area contributed by atoms with E-state index in [9.17, 15) is 4.79 Å². The molecular weight excluding hydrogens is 320 g/mol. The molecule has 0 saturated carbocycles. The topological polar surface area (TPSA) is 60.0 Å². The number of morpholine rings is 1. The van der Waals surface area contributed by atoms with Crippen LogP contribution in [0, 0.1) is 0 Å². The Bertz CT molecular complexity index is 742. The average molecular weight is 342 g/mol. The normalized spacial score (nSPS) is 14.1. The molecule has 1 heterocycles. The molecule has 1 aliphatic rings. The molecule has 1 amide bonds. The summed E-state index contributed by atoms with van der Waals surface area (Å²) in [4.78, 5) is 15.0. The van der Waals surface area contributed by atoms with Crippen LogP contribution >= 0.6 is 0 Å². The van der Waals surface area contributed by atoms with Crippen molar-refractivity contribution in [1.82, 2.24) is 0 Å². The summed E-state index contributed by atoms with van der Waals surface area (Å²) in [5.74, 6) is 0.892. The van der Waals surface area contributed by atoms with Crippen LogP contribution in [0.3, 0.4) is 0 Å². The molecule has 0 bridgehead atoms. The summed E-state index contributed by atoms with van der Waals surface area (Å²) >= 11 is 0. The lowest BCUT2D eigenvalue weighted by atomic mass is 10.1. The Morgan fingerprint density at radius 2 is 1.84 bits per heavy atom. The van der Waals surface area contributed by atoms with E-state index in [1.807, 2.05) is 24.3 Å². The minimum Gasteiger partial charge on any atom is -0.497 e. The first-order valence-corrected chi connectivity index (χ1v) is 8.18. The summed E-state index contributed by atoms with van der Waals surface area (Å²) < 4.78 is 15.9. The predicted molar refractivity (Wildman–Crippen MR) is 97.0 cm³/mol. The summed E-state index contributed by atoms with van der Waals surface area (Å²) in [7, 11) is 3.11. The number of hydrogen-bond acceptors (Lipinski definition) is 5. The van der Waals surface area contributed by atoms with E-state index < -0.39 is 0 Å². The number of nitrogens with zero attached hydrogens (tertiary/aromatic N) is 1. The number of amides is 1. The zero-order valence-corrected chi connectivity index (χ0v) is 14.5. The van der Waals surface area contributed by atoms with Gasteiger partial charge in [0.2, 0.25) is 0 Å². The van der Waals surface area contributed by atoms with Crippen LogP contribution in [0.4, 0.5) is 11.4 Å². The molecule has 25 heavy (non-hydrogen) atoms. The highest BCUT2D eigenvalue weighted by Gasteiger charge is 2.18. The molecule has 0 radical (unpaired) electrons. The monoisotopic (exact) mass is 342 g/mol. The summed E-state index contributed by atoms with van der Waals surface area (Å²) in [6, 6.07) is 12.9. The average Bonchev–Trinajstić information content (AvgIpc) is 2.68. The molecular formula is C19H22N2O4. The number of hydrogen-bond donors (Lipinski definition) is 1. The summed E-state index contributed by atoms with van der Waals surface area (Å²) in [5, 5.41) is 2.99. The molecule has 1 aliphatic heterocycles. The molecule has 0 atom stereocenters. The van der Waals surface area contributed by atoms with Crippen LogP contribution in [-0.2, 0) is 4.74 Å². The van der Waals surface area contributed by atoms with E-state index in [1.54, 1.807) is 25.3 Å². The molecule has 3 rings (SSSR count). The summed E-state index contributed by atoms with van der Waals surface area (Å²) in [6.45, 7) is 2.99. The minimum absolute atomic E-state index is 0.222. The summed E-state index contributed by atoms with van der Waals surface area (Å²) in [5.41, 5.74) is 2.22. The second-order valence-corrected chi connectivity index (χ2v) is 5.64. The molecule has 0 aromatic heterocycles. The molecule has 0 spiro atoms. The second kappa shape index (κ2) is 7.90. The van der Waals surface area contributed by atoms with Crippen LogP contribution in [0.25, 0.3) is 0 Å². The third kappa shape index (κ3) is 3.85. The van der Waals surface area contributed by atoms with Crippen molar-refractivity contribution < 1.29 is 19.0 Å². The van der Waals surface area contributed by atoms with Crippen LogP contribution in [0.2, 0.25) is 0 Å². The van der Waals surface area contributed by atoms with Gasteiger partial charge in [-0.2, -0.15) is 0 Å². The first-order chi connectivity index (χ1) is 12.2. The van der Waals surface area contributed by atoms with Crippen LogP contribution in [0.1, 0.15) is 10.4 Å². The highest BCUT2D eigenvalue weighted by molar-refractivity contribution is 6.07. The van der Waals surface area contributed by atoms with Gasteiger partial charge in [0.05, 0.1) is 44.4 Å². The van der Waals surface area contributed by atoms with E-state index in [0.29, 0.717) is 30.3 Å². The van der Waals surface area contributed by atoms with Gasteiger partial charge < -0.3 is 24.4 Å². The van der Waals surface area contributed by atoms with E-state index in [1.165, 1.54) is 7.11 Å². The standard InChI is InChI=1S/C19H22N2O4/c1-23-14-7-8-15(18(13-14)24-2)19(22)20-16-5-3-4-6-17(16)21-9-11-25-12-10-21/h3-8,13H,9-12H2,1-2H3,(H,20,22). The Balaban J connectivity index is 1.84. The molecule has 6 heteroatoms. The Morgan fingerprint density at radius 1 is 1.08 bits per heavy atom. The van der Waals surface area contributed by atoms with Gasteiger partial charge in [-0.1, -0.05) is 12.1 Å². The number of ether oxygens (including phenoxy) is 3. The molecule has 1 fully saturated rings. The van der Waals surface area contributed by atoms with Crippen molar-refractivity contribution in [3.05, 3.63) is 48.0 Å². The Hall–Kier alpha value is -2.73. The number of carbonyl (C=O) groups is 1. The number of rotatable bonds is 5. The fourth-order valence-corrected chi connectivity index (χ4v) is 2.84. The molecule has 0 unspecified atom stereocenters. The van der Waals surface area contributed by atoms with Crippen LogP contribution in [0.15, 0.2) is 42.5 Å². The van der Waals surface area contributed by atoms with Crippen molar-refractivity contribution in [1.29, 1.82) is 0 Å². The number of benzene rings is 2. The number of nitrogens with one attached hydrogen (secondary N) is 1. The maximum atomic E-state index is 12.8. The van der Waals surface area contributed by atoms with Gasteiger partial charge in [-0.15, -0.1) is 0 Å². The van der Waals surface area contributed by atoms with Gasteiger partial charge in [-0.05, 0) is 24.3 Å². The highest BCUT2D eigenvalue weighted by atomic mass is 16.5. The number of para-hydroxylation sites is 2. The number of anilines is 2. The van der Waals surface area contributed by atoms with Crippen LogP contribution in [0.5, 0.6) is 11.5 Å². The van der Waals surface area contributed by atoms with Gasteiger partial charge in [0, 0.05) is 19.2 Å². The van der Waals surface area contributed by atoms with E-state index in [4.69, 9.17) is 14.2 Å². The molecule has 132 valence electrons. The van der Waals surface area contributed by atoms with Crippen LogP contribution < -0.4 is 19.7 Å². The number of carbonyl (C=O) groups excluding carboxylic acids is 1. The summed E-state index contributed by atoms with van der Waals surface area (Å²) in [6.07, 6.45) is 0. The Morgan fingerprint density at radius 3 is 2.56 bits per heavy atom. The van der Waals surface area contributed by atoms with Gasteiger partial charge >= 0.3 is 0 Å². The Kier molecular flexibility index (Phi) is 5.40. The molecule has 2 aromatic carbocycles.